The molecule has 112 valence electrons. The van der Waals surface area contributed by atoms with Gasteiger partial charge in [0.2, 0.25) is 11.8 Å². The fourth-order valence-corrected chi connectivity index (χ4v) is 2.02. The number of hydrogen-bond acceptors (Lipinski definition) is 5. The zero-order valence-electron chi connectivity index (χ0n) is 12.7. The van der Waals surface area contributed by atoms with Crippen molar-refractivity contribution in [2.24, 2.45) is 0 Å². The lowest BCUT2D eigenvalue weighted by Crippen LogP contribution is -2.07. The molecule has 5 nitrogen and oxygen atoms in total. The minimum Gasteiger partial charge on any atom is -0.480 e. The van der Waals surface area contributed by atoms with E-state index < -0.39 is 6.10 Å². The van der Waals surface area contributed by atoms with Crippen molar-refractivity contribution >= 4 is 0 Å². The summed E-state index contributed by atoms with van der Waals surface area (Å²) in [5.41, 5.74) is 2.34. The molecule has 0 radical (unpaired) electrons. The van der Waals surface area contributed by atoms with Crippen LogP contribution in [0.5, 0.6) is 11.8 Å². The minimum atomic E-state index is -0.889. The van der Waals surface area contributed by atoms with E-state index in [1.165, 1.54) is 26.0 Å². The van der Waals surface area contributed by atoms with Crippen molar-refractivity contribution < 1.29 is 14.6 Å². The highest BCUT2D eigenvalue weighted by molar-refractivity contribution is 5.34. The van der Waals surface area contributed by atoms with Crippen molar-refractivity contribution in [1.82, 2.24) is 9.97 Å². The van der Waals surface area contributed by atoms with Crippen LogP contribution in [0, 0.1) is 0 Å². The fourth-order valence-electron chi connectivity index (χ4n) is 2.02. The van der Waals surface area contributed by atoms with Gasteiger partial charge in [0.15, 0.2) is 0 Å². The Morgan fingerprint density at radius 2 is 1.62 bits per heavy atom. The van der Waals surface area contributed by atoms with Gasteiger partial charge in [0.25, 0.3) is 0 Å². The molecular formula is C16H20N2O3. The van der Waals surface area contributed by atoms with E-state index in [0.717, 1.165) is 5.56 Å². The monoisotopic (exact) mass is 288 g/mol. The van der Waals surface area contributed by atoms with Crippen molar-refractivity contribution in [2.45, 2.75) is 25.9 Å². The first kappa shape index (κ1) is 15.3. The van der Waals surface area contributed by atoms with Crippen LogP contribution in [-0.2, 0) is 0 Å². The second-order valence-electron chi connectivity index (χ2n) is 5.03. The maximum absolute atomic E-state index is 10.5. The lowest BCUT2D eigenvalue weighted by Gasteiger charge is -2.15. The minimum absolute atomic E-state index is 0.259. The zero-order chi connectivity index (χ0) is 15.4. The molecule has 0 saturated heterocycles. The topological polar surface area (TPSA) is 64.5 Å². The van der Waals surface area contributed by atoms with Gasteiger partial charge in [-0.1, -0.05) is 38.1 Å². The smallest absolute Gasteiger partial charge is 0.241 e. The van der Waals surface area contributed by atoms with Crippen molar-refractivity contribution in [3.05, 3.63) is 47.3 Å². The van der Waals surface area contributed by atoms with Crippen molar-refractivity contribution in [3.63, 3.8) is 0 Å². The molecule has 1 aromatic heterocycles. The average molecular weight is 288 g/mol. The largest absolute Gasteiger partial charge is 0.480 e. The van der Waals surface area contributed by atoms with Crippen LogP contribution >= 0.6 is 0 Å². The molecule has 1 N–H and O–H groups in total. The van der Waals surface area contributed by atoms with Crippen LogP contribution in [0.2, 0.25) is 0 Å². The van der Waals surface area contributed by atoms with Gasteiger partial charge >= 0.3 is 0 Å². The maximum Gasteiger partial charge on any atom is 0.241 e. The predicted molar refractivity (Wildman–Crippen MR) is 79.7 cm³/mol. The lowest BCUT2D eigenvalue weighted by molar-refractivity contribution is 0.206. The second-order valence-corrected chi connectivity index (χ2v) is 5.03. The van der Waals surface area contributed by atoms with Crippen LogP contribution in [0.25, 0.3) is 0 Å². The third-order valence-corrected chi connectivity index (χ3v) is 3.33. The Balaban J connectivity index is 2.32. The normalized spacial score (nSPS) is 12.3. The first-order chi connectivity index (χ1) is 10.1. The van der Waals surface area contributed by atoms with Crippen molar-refractivity contribution in [3.8, 4) is 11.8 Å². The highest BCUT2D eigenvalue weighted by Crippen LogP contribution is 2.28. The standard InChI is InChI=1S/C16H20N2O3/c1-10(2)11-5-7-12(8-6-11)15(19)14-16(21-4)18-13(20-3)9-17-14/h5-10,15,19H,1-4H3. The van der Waals surface area contributed by atoms with Crippen molar-refractivity contribution in [1.29, 1.82) is 0 Å². The number of methoxy groups -OCH3 is 2. The van der Waals surface area contributed by atoms with E-state index in [4.69, 9.17) is 9.47 Å². The third kappa shape index (κ3) is 3.31. The molecule has 0 saturated carbocycles. The lowest BCUT2D eigenvalue weighted by atomic mass is 9.99. The summed E-state index contributed by atoms with van der Waals surface area (Å²) >= 11 is 0. The summed E-state index contributed by atoms with van der Waals surface area (Å²) in [5.74, 6) is 1.05. The second kappa shape index (κ2) is 6.54. The number of aromatic nitrogens is 2. The molecular weight excluding hydrogens is 268 g/mol. The van der Waals surface area contributed by atoms with Gasteiger partial charge in [0.1, 0.15) is 11.8 Å². The van der Waals surface area contributed by atoms with Crippen LogP contribution in [0.3, 0.4) is 0 Å². The van der Waals surface area contributed by atoms with E-state index in [0.29, 0.717) is 17.5 Å². The zero-order valence-corrected chi connectivity index (χ0v) is 12.7. The molecule has 1 unspecified atom stereocenters. The van der Waals surface area contributed by atoms with E-state index in [1.807, 2.05) is 24.3 Å². The van der Waals surface area contributed by atoms with E-state index in [2.05, 4.69) is 23.8 Å². The highest BCUT2D eigenvalue weighted by atomic mass is 16.5. The Hall–Kier alpha value is -2.14. The Morgan fingerprint density at radius 1 is 1.00 bits per heavy atom. The summed E-state index contributed by atoms with van der Waals surface area (Å²) in [6.45, 7) is 4.26. The SMILES string of the molecule is COc1cnc(C(O)c2ccc(C(C)C)cc2)c(OC)n1. The molecule has 2 aromatic rings. The molecule has 1 heterocycles. The average Bonchev–Trinajstić information content (AvgIpc) is 2.53. The molecule has 0 amide bonds. The van der Waals surface area contributed by atoms with E-state index in [-0.39, 0.29) is 5.88 Å². The highest BCUT2D eigenvalue weighted by Gasteiger charge is 2.19. The van der Waals surface area contributed by atoms with Gasteiger partial charge in [0.05, 0.1) is 20.4 Å². The molecule has 0 aliphatic carbocycles. The quantitative estimate of drug-likeness (QED) is 0.916. The molecule has 1 atom stereocenters. The summed E-state index contributed by atoms with van der Waals surface area (Å²) in [5, 5.41) is 10.5. The molecule has 5 heteroatoms. The number of aliphatic hydroxyl groups is 1. The summed E-state index contributed by atoms with van der Waals surface area (Å²) in [6.07, 6.45) is 0.573. The van der Waals surface area contributed by atoms with E-state index in [1.54, 1.807) is 0 Å². The summed E-state index contributed by atoms with van der Waals surface area (Å²) in [7, 11) is 2.99. The van der Waals surface area contributed by atoms with Crippen molar-refractivity contribution in [2.75, 3.05) is 14.2 Å². The number of aliphatic hydroxyl groups excluding tert-OH is 1. The molecule has 0 spiro atoms. The number of benzene rings is 1. The Kier molecular flexibility index (Phi) is 4.75. The number of nitrogens with zero attached hydrogens (tertiary/aromatic N) is 2. The van der Waals surface area contributed by atoms with Gasteiger partial charge in [-0.15, -0.1) is 0 Å². The van der Waals surface area contributed by atoms with Gasteiger partial charge in [-0.3, -0.25) is 0 Å². The van der Waals surface area contributed by atoms with Crippen LogP contribution in [0.15, 0.2) is 30.5 Å². The van der Waals surface area contributed by atoms with Crippen LogP contribution in [0.4, 0.5) is 0 Å². The van der Waals surface area contributed by atoms with Crippen LogP contribution in [0.1, 0.15) is 42.7 Å². The number of hydrogen-bond donors (Lipinski definition) is 1. The van der Waals surface area contributed by atoms with Gasteiger partial charge < -0.3 is 14.6 Å². The van der Waals surface area contributed by atoms with Gasteiger partial charge in [0, 0.05) is 0 Å². The summed E-state index contributed by atoms with van der Waals surface area (Å²) in [6, 6.07) is 7.80. The third-order valence-electron chi connectivity index (χ3n) is 3.33. The van der Waals surface area contributed by atoms with Gasteiger partial charge in [-0.05, 0) is 17.0 Å². The fraction of sp³-hybridized carbons (Fsp3) is 0.375. The molecule has 0 fully saturated rings. The molecule has 0 bridgehead atoms. The molecule has 2 rings (SSSR count). The molecule has 21 heavy (non-hydrogen) atoms. The predicted octanol–water partition coefficient (Wildman–Crippen LogP) is 2.70. The van der Waals surface area contributed by atoms with Crippen LogP contribution < -0.4 is 9.47 Å². The molecule has 0 aliphatic rings. The Labute approximate surface area is 124 Å². The first-order valence-electron chi connectivity index (χ1n) is 6.79. The summed E-state index contributed by atoms with van der Waals surface area (Å²) < 4.78 is 10.2. The van der Waals surface area contributed by atoms with Gasteiger partial charge in [-0.25, -0.2) is 4.98 Å². The van der Waals surface area contributed by atoms with Gasteiger partial charge in [-0.2, -0.15) is 4.98 Å². The summed E-state index contributed by atoms with van der Waals surface area (Å²) in [4.78, 5) is 8.33. The van der Waals surface area contributed by atoms with E-state index >= 15 is 0 Å². The number of rotatable bonds is 5. The molecule has 1 aromatic carbocycles. The maximum atomic E-state index is 10.5. The first-order valence-corrected chi connectivity index (χ1v) is 6.79. The molecule has 0 aliphatic heterocycles. The number of ether oxygens (including phenoxy) is 2. The van der Waals surface area contributed by atoms with Crippen LogP contribution in [-0.4, -0.2) is 29.3 Å². The Bertz CT molecular complexity index is 597. The van der Waals surface area contributed by atoms with E-state index in [9.17, 15) is 5.11 Å². The Morgan fingerprint density at radius 3 is 2.14 bits per heavy atom.